The van der Waals surface area contributed by atoms with Crippen molar-refractivity contribution in [3.8, 4) is 17.5 Å². The number of benzene rings is 1. The van der Waals surface area contributed by atoms with Gasteiger partial charge in [0, 0.05) is 11.3 Å². The molecule has 0 spiro atoms. The van der Waals surface area contributed by atoms with Gasteiger partial charge >= 0.3 is 0 Å². The van der Waals surface area contributed by atoms with Crippen LogP contribution in [0.25, 0.3) is 0 Å². The molecule has 1 amide bonds. The smallest absolute Gasteiger partial charge is 0.238 e. The summed E-state index contributed by atoms with van der Waals surface area (Å²) in [5.74, 6) is 2.83. The summed E-state index contributed by atoms with van der Waals surface area (Å²) in [4.78, 5) is 11.3. The molecule has 0 bridgehead atoms. The lowest BCUT2D eigenvalue weighted by molar-refractivity contribution is -0.115. The summed E-state index contributed by atoms with van der Waals surface area (Å²) in [6.45, 7) is 6.54. The van der Waals surface area contributed by atoms with Gasteiger partial charge in [0.1, 0.15) is 14.5 Å². The predicted molar refractivity (Wildman–Crippen MR) is 75.5 cm³/mol. The summed E-state index contributed by atoms with van der Waals surface area (Å²) in [5, 5.41) is 11.1. The van der Waals surface area contributed by atoms with Crippen molar-refractivity contribution in [3.63, 3.8) is 0 Å². The summed E-state index contributed by atoms with van der Waals surface area (Å²) in [7, 11) is -1.39. The highest BCUT2D eigenvalue weighted by atomic mass is 28.3. The Labute approximate surface area is 109 Å². The van der Waals surface area contributed by atoms with Crippen molar-refractivity contribution in [1.29, 1.82) is 5.26 Å². The molecule has 0 saturated heterocycles. The van der Waals surface area contributed by atoms with Crippen molar-refractivity contribution in [1.82, 2.24) is 0 Å². The number of carbonyl (C=O) groups is 1. The molecule has 0 aliphatic rings. The van der Waals surface area contributed by atoms with Crippen LogP contribution in [0.1, 0.15) is 12.0 Å². The Morgan fingerprint density at radius 2 is 2.11 bits per heavy atom. The molecule has 0 unspecified atom stereocenters. The molecule has 0 aliphatic heterocycles. The molecule has 0 saturated carbocycles. The first kappa shape index (κ1) is 14.0. The Kier molecular flexibility index (Phi) is 4.71. The van der Waals surface area contributed by atoms with Crippen LogP contribution in [-0.2, 0) is 4.79 Å². The standard InChI is InChI=1S/C14H16N2OSi/c1-18(2,3)10-8-12-5-4-6-13(11-12)16-14(17)7-9-15/h4-6,11H,7H2,1-3H3,(H,16,17). The van der Waals surface area contributed by atoms with E-state index in [1.165, 1.54) is 0 Å². The largest absolute Gasteiger partial charge is 0.325 e. The predicted octanol–water partition coefficient (Wildman–Crippen LogP) is 2.77. The van der Waals surface area contributed by atoms with Crippen LogP contribution >= 0.6 is 0 Å². The van der Waals surface area contributed by atoms with Crippen molar-refractivity contribution in [3.05, 3.63) is 29.8 Å². The van der Waals surface area contributed by atoms with Gasteiger partial charge in [0.2, 0.25) is 5.91 Å². The Morgan fingerprint density at radius 1 is 1.39 bits per heavy atom. The first-order valence-corrected chi connectivity index (χ1v) is 9.21. The first-order chi connectivity index (χ1) is 8.40. The van der Waals surface area contributed by atoms with Crippen molar-refractivity contribution in [2.24, 2.45) is 0 Å². The van der Waals surface area contributed by atoms with E-state index in [0.29, 0.717) is 5.69 Å². The van der Waals surface area contributed by atoms with E-state index in [1.54, 1.807) is 6.07 Å². The number of nitriles is 1. The third kappa shape index (κ3) is 5.34. The molecule has 18 heavy (non-hydrogen) atoms. The average molecular weight is 256 g/mol. The highest BCUT2D eigenvalue weighted by molar-refractivity contribution is 6.83. The van der Waals surface area contributed by atoms with E-state index >= 15 is 0 Å². The monoisotopic (exact) mass is 256 g/mol. The maximum absolute atomic E-state index is 11.3. The van der Waals surface area contributed by atoms with Crippen LogP contribution in [-0.4, -0.2) is 14.0 Å². The molecular formula is C14H16N2OSi. The van der Waals surface area contributed by atoms with Crippen LogP contribution in [0.5, 0.6) is 0 Å². The lowest BCUT2D eigenvalue weighted by atomic mass is 10.2. The van der Waals surface area contributed by atoms with Crippen LogP contribution in [0.3, 0.4) is 0 Å². The zero-order valence-electron chi connectivity index (χ0n) is 10.9. The van der Waals surface area contributed by atoms with Gasteiger partial charge in [0.15, 0.2) is 0 Å². The number of carbonyl (C=O) groups excluding carboxylic acids is 1. The molecule has 1 aromatic rings. The first-order valence-electron chi connectivity index (χ1n) is 5.71. The van der Waals surface area contributed by atoms with E-state index in [-0.39, 0.29) is 12.3 Å². The van der Waals surface area contributed by atoms with Gasteiger partial charge in [-0.1, -0.05) is 31.6 Å². The van der Waals surface area contributed by atoms with Gasteiger partial charge in [-0.3, -0.25) is 4.79 Å². The van der Waals surface area contributed by atoms with Crippen LogP contribution in [0.15, 0.2) is 24.3 Å². The SMILES string of the molecule is C[Si](C)(C)C#Cc1cccc(NC(=O)CC#N)c1. The van der Waals surface area contributed by atoms with E-state index in [1.807, 2.05) is 24.3 Å². The number of rotatable bonds is 2. The molecule has 0 radical (unpaired) electrons. The van der Waals surface area contributed by atoms with Gasteiger partial charge in [-0.25, -0.2) is 0 Å². The van der Waals surface area contributed by atoms with Crippen molar-refractivity contribution >= 4 is 19.7 Å². The molecule has 4 heteroatoms. The van der Waals surface area contributed by atoms with Gasteiger partial charge in [0.05, 0.1) is 6.07 Å². The second-order valence-corrected chi connectivity index (χ2v) is 9.71. The van der Waals surface area contributed by atoms with Gasteiger partial charge in [-0.2, -0.15) is 5.26 Å². The molecule has 92 valence electrons. The van der Waals surface area contributed by atoms with Crippen LogP contribution in [0.4, 0.5) is 5.69 Å². The fourth-order valence-electron chi connectivity index (χ4n) is 1.21. The average Bonchev–Trinajstić information content (AvgIpc) is 2.26. The second kappa shape index (κ2) is 6.04. The summed E-state index contributed by atoms with van der Waals surface area (Å²) in [6, 6.07) is 9.17. The minimum atomic E-state index is -1.39. The van der Waals surface area contributed by atoms with E-state index in [2.05, 4.69) is 36.4 Å². The van der Waals surface area contributed by atoms with Gasteiger partial charge in [-0.15, -0.1) is 5.54 Å². The Bertz CT molecular complexity index is 541. The van der Waals surface area contributed by atoms with Crippen LogP contribution in [0.2, 0.25) is 19.6 Å². The van der Waals surface area contributed by atoms with E-state index in [4.69, 9.17) is 5.26 Å². The molecule has 0 heterocycles. The number of nitrogens with one attached hydrogen (secondary N) is 1. The zero-order valence-corrected chi connectivity index (χ0v) is 11.9. The zero-order chi connectivity index (χ0) is 13.6. The maximum atomic E-state index is 11.3. The van der Waals surface area contributed by atoms with Crippen LogP contribution in [0, 0.1) is 22.8 Å². The summed E-state index contributed by atoms with van der Waals surface area (Å²) >= 11 is 0. The molecular weight excluding hydrogens is 240 g/mol. The third-order valence-electron chi connectivity index (χ3n) is 1.97. The van der Waals surface area contributed by atoms with E-state index < -0.39 is 8.07 Å². The molecule has 0 aromatic heterocycles. The van der Waals surface area contributed by atoms with Crippen molar-refractivity contribution in [2.75, 3.05) is 5.32 Å². The summed E-state index contributed by atoms with van der Waals surface area (Å²) in [5.41, 5.74) is 4.83. The quantitative estimate of drug-likeness (QED) is 0.653. The van der Waals surface area contributed by atoms with Gasteiger partial charge in [-0.05, 0) is 18.2 Å². The molecule has 1 N–H and O–H groups in total. The second-order valence-electron chi connectivity index (χ2n) is 4.96. The minimum absolute atomic E-state index is 0.134. The lowest BCUT2D eigenvalue weighted by Crippen LogP contribution is -2.16. The normalized spacial score (nSPS) is 9.89. The van der Waals surface area contributed by atoms with Gasteiger partial charge < -0.3 is 5.32 Å². The molecule has 0 aliphatic carbocycles. The van der Waals surface area contributed by atoms with Crippen molar-refractivity contribution < 1.29 is 4.79 Å². The lowest BCUT2D eigenvalue weighted by Gasteiger charge is -2.05. The highest BCUT2D eigenvalue weighted by Gasteiger charge is 2.07. The molecule has 0 fully saturated rings. The Morgan fingerprint density at radius 3 is 2.72 bits per heavy atom. The molecule has 0 atom stereocenters. The molecule has 1 rings (SSSR count). The Balaban J connectivity index is 2.83. The number of amides is 1. The topological polar surface area (TPSA) is 52.9 Å². The van der Waals surface area contributed by atoms with Gasteiger partial charge in [0.25, 0.3) is 0 Å². The maximum Gasteiger partial charge on any atom is 0.238 e. The fraction of sp³-hybridized carbons (Fsp3) is 0.286. The molecule has 3 nitrogen and oxygen atoms in total. The summed E-state index contributed by atoms with van der Waals surface area (Å²) < 4.78 is 0. The highest BCUT2D eigenvalue weighted by Crippen LogP contribution is 2.10. The molecule has 1 aromatic carbocycles. The Hall–Kier alpha value is -2.04. The van der Waals surface area contributed by atoms with E-state index in [0.717, 1.165) is 5.56 Å². The minimum Gasteiger partial charge on any atom is -0.325 e. The summed E-state index contributed by atoms with van der Waals surface area (Å²) in [6.07, 6.45) is -0.134. The third-order valence-corrected chi connectivity index (χ3v) is 2.84. The number of nitrogens with zero attached hydrogens (tertiary/aromatic N) is 1. The van der Waals surface area contributed by atoms with Crippen molar-refractivity contribution in [2.45, 2.75) is 26.1 Å². The fourth-order valence-corrected chi connectivity index (χ4v) is 1.73. The van der Waals surface area contributed by atoms with E-state index in [9.17, 15) is 4.79 Å². The number of hydrogen-bond donors (Lipinski definition) is 1. The van der Waals surface area contributed by atoms with Crippen LogP contribution < -0.4 is 5.32 Å². The number of anilines is 1. The number of hydrogen-bond acceptors (Lipinski definition) is 2.